The zero-order valence-electron chi connectivity index (χ0n) is 13.1. The van der Waals surface area contributed by atoms with E-state index in [0.717, 1.165) is 17.3 Å². The fourth-order valence-corrected chi connectivity index (χ4v) is 3.28. The number of halogens is 1. The van der Waals surface area contributed by atoms with E-state index in [-0.39, 0.29) is 17.9 Å². The molecule has 5 nitrogen and oxygen atoms in total. The van der Waals surface area contributed by atoms with Gasteiger partial charge in [-0.05, 0) is 53.0 Å². The van der Waals surface area contributed by atoms with E-state index in [9.17, 15) is 9.59 Å². The first-order valence-electron chi connectivity index (χ1n) is 7.90. The third-order valence-corrected chi connectivity index (χ3v) is 4.85. The summed E-state index contributed by atoms with van der Waals surface area (Å²) in [6.07, 6.45) is 4.76. The number of hydrogen-bond donors (Lipinski definition) is 1. The lowest BCUT2D eigenvalue weighted by molar-refractivity contribution is 0.0698. The molecule has 0 atom stereocenters. The quantitative estimate of drug-likeness (QED) is 0.880. The van der Waals surface area contributed by atoms with Gasteiger partial charge in [-0.3, -0.25) is 14.6 Å². The Morgan fingerprint density at radius 1 is 1.08 bits per heavy atom. The Hall–Kier alpha value is -2.21. The molecule has 1 aromatic carbocycles. The van der Waals surface area contributed by atoms with E-state index in [1.54, 1.807) is 30.6 Å². The van der Waals surface area contributed by atoms with Crippen LogP contribution in [-0.2, 0) is 0 Å². The van der Waals surface area contributed by atoms with Crippen LogP contribution in [0.5, 0.6) is 0 Å². The van der Waals surface area contributed by atoms with Crippen molar-refractivity contribution in [3.63, 3.8) is 0 Å². The molecule has 0 spiro atoms. The van der Waals surface area contributed by atoms with Crippen molar-refractivity contribution in [3.8, 4) is 0 Å². The molecule has 0 bridgehead atoms. The number of hydrogen-bond acceptors (Lipinski definition) is 3. The summed E-state index contributed by atoms with van der Waals surface area (Å²) in [5, 5.41) is 3.06. The Kier molecular flexibility index (Phi) is 5.25. The number of pyridine rings is 1. The first kappa shape index (κ1) is 16.6. The van der Waals surface area contributed by atoms with Gasteiger partial charge < -0.3 is 10.2 Å². The van der Waals surface area contributed by atoms with Crippen LogP contribution in [0.3, 0.4) is 0 Å². The summed E-state index contributed by atoms with van der Waals surface area (Å²) in [6, 6.07) is 10.9. The minimum atomic E-state index is -0.0821. The SMILES string of the molecule is O=C(NC1CCN(C(=O)c2ccncc2)CC1)c1ccccc1Br. The van der Waals surface area contributed by atoms with Crippen LogP contribution in [-0.4, -0.2) is 40.8 Å². The zero-order chi connectivity index (χ0) is 16.9. The standard InChI is InChI=1S/C18H18BrN3O2/c19-16-4-2-1-3-15(16)17(23)21-14-7-11-22(12-8-14)18(24)13-5-9-20-10-6-13/h1-6,9-10,14H,7-8,11-12H2,(H,21,23). The van der Waals surface area contributed by atoms with Gasteiger partial charge >= 0.3 is 0 Å². The van der Waals surface area contributed by atoms with E-state index >= 15 is 0 Å². The number of likely N-dealkylation sites (tertiary alicyclic amines) is 1. The highest BCUT2D eigenvalue weighted by Gasteiger charge is 2.25. The van der Waals surface area contributed by atoms with Crippen LogP contribution in [0.1, 0.15) is 33.6 Å². The van der Waals surface area contributed by atoms with Crippen LogP contribution in [0, 0.1) is 0 Å². The summed E-state index contributed by atoms with van der Waals surface area (Å²) >= 11 is 3.40. The second kappa shape index (κ2) is 7.57. The van der Waals surface area contributed by atoms with E-state index in [2.05, 4.69) is 26.2 Å². The first-order valence-corrected chi connectivity index (χ1v) is 8.69. The van der Waals surface area contributed by atoms with E-state index in [1.807, 2.05) is 23.1 Å². The molecule has 0 saturated carbocycles. The van der Waals surface area contributed by atoms with E-state index in [4.69, 9.17) is 0 Å². The van der Waals surface area contributed by atoms with Gasteiger partial charge in [0.2, 0.25) is 0 Å². The van der Waals surface area contributed by atoms with Gasteiger partial charge in [-0.25, -0.2) is 0 Å². The fourth-order valence-electron chi connectivity index (χ4n) is 2.81. The van der Waals surface area contributed by atoms with Crippen molar-refractivity contribution in [2.24, 2.45) is 0 Å². The molecule has 6 heteroatoms. The maximum Gasteiger partial charge on any atom is 0.253 e. The van der Waals surface area contributed by atoms with Crippen LogP contribution in [0.2, 0.25) is 0 Å². The molecule has 2 aromatic rings. The molecule has 1 N–H and O–H groups in total. The smallest absolute Gasteiger partial charge is 0.253 e. The lowest BCUT2D eigenvalue weighted by Crippen LogP contribution is -2.46. The highest BCUT2D eigenvalue weighted by Crippen LogP contribution is 2.18. The van der Waals surface area contributed by atoms with Crippen LogP contribution < -0.4 is 5.32 Å². The van der Waals surface area contributed by atoms with Crippen molar-refractivity contribution in [1.82, 2.24) is 15.2 Å². The lowest BCUT2D eigenvalue weighted by atomic mass is 10.0. The highest BCUT2D eigenvalue weighted by molar-refractivity contribution is 9.10. The number of carbonyl (C=O) groups excluding carboxylic acids is 2. The van der Waals surface area contributed by atoms with E-state index < -0.39 is 0 Å². The van der Waals surface area contributed by atoms with Gasteiger partial charge in [0.05, 0.1) is 5.56 Å². The monoisotopic (exact) mass is 387 g/mol. The fraction of sp³-hybridized carbons (Fsp3) is 0.278. The minimum absolute atomic E-state index is 0.0213. The maximum atomic E-state index is 12.4. The third-order valence-electron chi connectivity index (χ3n) is 4.16. The Labute approximate surface area is 149 Å². The van der Waals surface area contributed by atoms with Gasteiger partial charge in [-0.2, -0.15) is 0 Å². The first-order chi connectivity index (χ1) is 11.6. The number of nitrogens with zero attached hydrogens (tertiary/aromatic N) is 2. The van der Waals surface area contributed by atoms with Gasteiger partial charge in [0.15, 0.2) is 0 Å². The summed E-state index contributed by atoms with van der Waals surface area (Å²) in [4.78, 5) is 30.5. The molecule has 1 aliphatic heterocycles. The molecule has 1 aliphatic rings. The second-order valence-corrected chi connectivity index (χ2v) is 6.61. The summed E-state index contributed by atoms with van der Waals surface area (Å²) in [6.45, 7) is 1.28. The molecule has 1 saturated heterocycles. The highest BCUT2D eigenvalue weighted by atomic mass is 79.9. The van der Waals surface area contributed by atoms with Crippen LogP contribution in [0.25, 0.3) is 0 Å². The number of nitrogens with one attached hydrogen (secondary N) is 1. The van der Waals surface area contributed by atoms with Crippen LogP contribution in [0.15, 0.2) is 53.3 Å². The zero-order valence-corrected chi connectivity index (χ0v) is 14.7. The molecule has 0 unspecified atom stereocenters. The maximum absolute atomic E-state index is 12.4. The normalized spacial score (nSPS) is 15.1. The van der Waals surface area contributed by atoms with Crippen LogP contribution >= 0.6 is 15.9 Å². The van der Waals surface area contributed by atoms with Crippen molar-refractivity contribution < 1.29 is 9.59 Å². The van der Waals surface area contributed by atoms with Gasteiger partial charge in [-0.1, -0.05) is 12.1 Å². The third kappa shape index (κ3) is 3.82. The number of carbonyl (C=O) groups is 2. The average molecular weight is 388 g/mol. The number of piperidine rings is 1. The van der Waals surface area contributed by atoms with Gasteiger partial charge in [-0.15, -0.1) is 0 Å². The number of aromatic nitrogens is 1. The lowest BCUT2D eigenvalue weighted by Gasteiger charge is -2.32. The summed E-state index contributed by atoms with van der Waals surface area (Å²) in [5.41, 5.74) is 1.29. The molecular weight excluding hydrogens is 370 g/mol. The summed E-state index contributed by atoms with van der Waals surface area (Å²) in [7, 11) is 0. The van der Waals surface area contributed by atoms with Crippen molar-refractivity contribution in [3.05, 3.63) is 64.4 Å². The molecule has 24 heavy (non-hydrogen) atoms. The van der Waals surface area contributed by atoms with Crippen molar-refractivity contribution >= 4 is 27.7 Å². The summed E-state index contributed by atoms with van der Waals surface area (Å²) < 4.78 is 0.785. The number of benzene rings is 1. The van der Waals surface area contributed by atoms with Gasteiger partial charge in [0, 0.05) is 41.6 Å². The second-order valence-electron chi connectivity index (χ2n) is 5.76. The molecule has 3 rings (SSSR count). The van der Waals surface area contributed by atoms with Gasteiger partial charge in [0.1, 0.15) is 0 Å². The van der Waals surface area contributed by atoms with E-state index in [1.165, 1.54) is 0 Å². The van der Waals surface area contributed by atoms with Gasteiger partial charge in [0.25, 0.3) is 11.8 Å². The molecule has 124 valence electrons. The topological polar surface area (TPSA) is 62.3 Å². The number of rotatable bonds is 3. The molecule has 2 heterocycles. The molecule has 1 fully saturated rings. The Morgan fingerprint density at radius 2 is 1.75 bits per heavy atom. The Bertz CT molecular complexity index is 728. The molecule has 0 aliphatic carbocycles. The van der Waals surface area contributed by atoms with E-state index in [0.29, 0.717) is 24.2 Å². The van der Waals surface area contributed by atoms with Crippen molar-refractivity contribution in [2.45, 2.75) is 18.9 Å². The molecule has 1 aromatic heterocycles. The largest absolute Gasteiger partial charge is 0.349 e. The number of amides is 2. The predicted molar refractivity (Wildman–Crippen MR) is 94.8 cm³/mol. The van der Waals surface area contributed by atoms with Crippen molar-refractivity contribution in [1.29, 1.82) is 0 Å². The molecule has 0 radical (unpaired) electrons. The van der Waals surface area contributed by atoms with Crippen LogP contribution in [0.4, 0.5) is 0 Å². The Morgan fingerprint density at radius 3 is 2.42 bits per heavy atom. The summed E-state index contributed by atoms with van der Waals surface area (Å²) in [5.74, 6) is -0.0608. The predicted octanol–water partition coefficient (Wildman–Crippen LogP) is 2.88. The average Bonchev–Trinajstić information content (AvgIpc) is 2.63. The molecular formula is C18H18BrN3O2. The van der Waals surface area contributed by atoms with Crippen molar-refractivity contribution in [2.75, 3.05) is 13.1 Å². The minimum Gasteiger partial charge on any atom is -0.349 e. The molecule has 2 amide bonds. The Balaban J connectivity index is 1.55.